The van der Waals surface area contributed by atoms with Crippen LogP contribution in [0.4, 0.5) is 0 Å². The summed E-state index contributed by atoms with van der Waals surface area (Å²) in [6, 6.07) is 2.21. The van der Waals surface area contributed by atoms with Gasteiger partial charge in [0.05, 0.1) is 7.45 Å². The van der Waals surface area contributed by atoms with E-state index in [1.54, 1.807) is 0 Å². The van der Waals surface area contributed by atoms with Gasteiger partial charge in [-0.15, -0.1) is 0 Å². The maximum Gasteiger partial charge on any atom is 0.490 e. The van der Waals surface area contributed by atoms with Crippen molar-refractivity contribution >= 4 is 12.6 Å². The second-order valence-electron chi connectivity index (χ2n) is 2.23. The van der Waals surface area contributed by atoms with Crippen LogP contribution in [0.25, 0.3) is 0 Å². The number of aromatic nitrogens is 1. The van der Waals surface area contributed by atoms with Crippen molar-refractivity contribution < 1.29 is 24.4 Å². The molecule has 0 atom stereocenters. The predicted molar refractivity (Wildman–Crippen MR) is 49.8 cm³/mol. The topological polar surface area (TPSA) is 62.6 Å². The lowest BCUT2D eigenvalue weighted by Gasteiger charge is -2.08. The van der Waals surface area contributed by atoms with E-state index in [0.29, 0.717) is 0 Å². The van der Waals surface area contributed by atoms with E-state index in [-0.39, 0.29) is 5.46 Å². The summed E-state index contributed by atoms with van der Waals surface area (Å²) in [6.45, 7) is -6.45. The molecule has 1 aromatic rings. The maximum absolute atomic E-state index is 8.86. The Bertz CT molecular complexity index is 445. The van der Waals surface area contributed by atoms with Gasteiger partial charge < -0.3 is 14.8 Å². The maximum atomic E-state index is 8.86. The number of hydrogen-bond acceptors (Lipinski definition) is 4. The van der Waals surface area contributed by atoms with Crippen molar-refractivity contribution in [2.24, 2.45) is 0 Å². The Morgan fingerprint density at radius 2 is 2.38 bits per heavy atom. The molecular weight excluding hydrogens is 169 g/mol. The molecule has 1 aromatic heterocycles. The molecule has 0 saturated heterocycles. The zero-order valence-electron chi connectivity index (χ0n) is 13.6. The molecule has 5 heteroatoms. The lowest BCUT2D eigenvalue weighted by atomic mass is 9.82. The summed E-state index contributed by atoms with van der Waals surface area (Å²) in [6.07, 6.45) is -2.20. The van der Waals surface area contributed by atoms with Crippen LogP contribution in [-0.2, 0) is 0 Å². The molecule has 4 nitrogen and oxygen atoms in total. The van der Waals surface area contributed by atoms with Gasteiger partial charge in [0.25, 0.3) is 0 Å². The molecule has 0 aliphatic heterocycles. The lowest BCUT2D eigenvalue weighted by molar-refractivity contribution is 0.232. The monoisotopic (exact) mass is 188 g/mol. The second-order valence-corrected chi connectivity index (χ2v) is 2.23. The number of nitrogens with zero attached hydrogens (tertiary/aromatic N) is 1. The molecule has 0 unspecified atom stereocenters. The van der Waals surface area contributed by atoms with E-state index >= 15 is 0 Å². The highest BCUT2D eigenvalue weighted by molar-refractivity contribution is 6.58. The summed E-state index contributed by atoms with van der Waals surface area (Å²) >= 11 is 0. The average molecular weight is 188 g/mol. The third-order valence-electron chi connectivity index (χ3n) is 1.26. The number of pyridine rings is 1. The van der Waals surface area contributed by atoms with Crippen LogP contribution in [0, 0.1) is 0 Å². The zero-order chi connectivity index (χ0) is 15.8. The highest BCUT2D eigenvalue weighted by Gasteiger charge is 2.10. The third-order valence-corrected chi connectivity index (χ3v) is 1.26. The van der Waals surface area contributed by atoms with Crippen LogP contribution in [-0.4, -0.2) is 28.2 Å². The first-order valence-corrected chi connectivity index (χ1v) is 3.39. The van der Waals surface area contributed by atoms with Crippen LogP contribution in [0.2, 0.25) is 0 Å². The second kappa shape index (κ2) is 4.25. The first-order valence-electron chi connectivity index (χ1n) is 6.89. The summed E-state index contributed by atoms with van der Waals surface area (Å²) in [5.41, 5.74) is 0.00991. The highest BCUT2D eigenvalue weighted by Crippen LogP contribution is 2.04. The van der Waals surface area contributed by atoms with Crippen molar-refractivity contribution in [3.8, 4) is 5.88 Å². The molecule has 0 aromatic carbocycles. The quantitative estimate of drug-likeness (QED) is 0.630. The fraction of sp³-hybridized carbons (Fsp3) is 0.375. The van der Waals surface area contributed by atoms with Gasteiger partial charge in [-0.2, -0.15) is 0 Å². The molecule has 70 valence electrons. The lowest BCUT2D eigenvalue weighted by Crippen LogP contribution is -2.30. The van der Waals surface area contributed by atoms with Gasteiger partial charge in [0, 0.05) is 19.9 Å². The summed E-state index contributed by atoms with van der Waals surface area (Å²) in [7, 11) is -1.78. The van der Waals surface area contributed by atoms with Crippen LogP contribution >= 0.6 is 0 Å². The number of ether oxygens (including phenoxy) is 1. The molecule has 0 aliphatic rings. The minimum atomic E-state index is -3.23. The van der Waals surface area contributed by atoms with E-state index in [0.717, 1.165) is 18.3 Å². The van der Waals surface area contributed by atoms with E-state index in [9.17, 15) is 0 Å². The molecule has 0 spiro atoms. The Morgan fingerprint density at radius 1 is 1.62 bits per heavy atom. The Hall–Kier alpha value is -1.07. The van der Waals surface area contributed by atoms with Crippen LogP contribution in [0.15, 0.2) is 18.3 Å². The van der Waals surface area contributed by atoms with Crippen LogP contribution < -0.4 is 10.2 Å². The molecule has 0 aliphatic carbocycles. The largest absolute Gasteiger partial charge is 0.490 e. The van der Waals surface area contributed by atoms with Crippen molar-refractivity contribution in [2.75, 3.05) is 0 Å². The Kier molecular flexibility index (Phi) is 1.30. The average Bonchev–Trinajstić information content (AvgIpc) is 2.26. The van der Waals surface area contributed by atoms with Crippen molar-refractivity contribution in [1.82, 2.24) is 4.98 Å². The van der Waals surface area contributed by atoms with Gasteiger partial charge in [0.2, 0.25) is 5.88 Å². The fourth-order valence-electron chi connectivity index (χ4n) is 0.709. The fourth-order valence-corrected chi connectivity index (χ4v) is 0.709. The zero-order valence-corrected chi connectivity index (χ0v) is 6.56. The highest BCUT2D eigenvalue weighted by atomic mass is 16.5. The molecule has 1 rings (SSSR count). The Labute approximate surface area is 87.2 Å². The predicted octanol–water partition coefficient (Wildman–Crippen LogP) is -0.451. The molecule has 0 fully saturated rings. The first kappa shape index (κ1) is 3.98. The van der Waals surface area contributed by atoms with Gasteiger partial charge in [-0.1, -0.05) is 6.07 Å². The third kappa shape index (κ3) is 3.04. The van der Waals surface area contributed by atoms with Gasteiger partial charge in [-0.25, -0.2) is 4.98 Å². The smallest absolute Gasteiger partial charge is 0.475 e. The van der Waals surface area contributed by atoms with Crippen LogP contribution in [0.5, 0.6) is 5.88 Å². The van der Waals surface area contributed by atoms with Gasteiger partial charge in [-0.05, 0) is 19.8 Å². The van der Waals surface area contributed by atoms with Crippen molar-refractivity contribution in [2.45, 2.75) is 19.8 Å². The van der Waals surface area contributed by atoms with Crippen LogP contribution in [0.1, 0.15) is 23.3 Å². The van der Waals surface area contributed by atoms with Gasteiger partial charge in [0.15, 0.2) is 0 Å². The van der Waals surface area contributed by atoms with E-state index in [1.807, 2.05) is 0 Å². The molecular formula is C8H12BNO3. The molecule has 0 saturated carbocycles. The Balaban J connectivity index is 3.09. The molecule has 2 N–H and O–H groups in total. The van der Waals surface area contributed by atoms with Gasteiger partial charge in [0.1, 0.15) is 0 Å². The molecule has 0 bridgehead atoms. The molecule has 0 amide bonds. The van der Waals surface area contributed by atoms with Crippen molar-refractivity contribution in [3.05, 3.63) is 18.3 Å². The normalized spacial score (nSPS) is 20.9. The van der Waals surface area contributed by atoms with Gasteiger partial charge >= 0.3 is 7.12 Å². The van der Waals surface area contributed by atoms with E-state index in [4.69, 9.17) is 24.4 Å². The summed E-state index contributed by atoms with van der Waals surface area (Å²) in [5.74, 6) is -0.420. The van der Waals surface area contributed by atoms with E-state index < -0.39 is 32.8 Å². The van der Waals surface area contributed by atoms with E-state index in [2.05, 4.69) is 4.98 Å². The SMILES string of the molecule is [2H]C([2H])([2H])C([2H])(Oc1ccc(B(O)O)cn1)C([2H])([2H])[2H]. The van der Waals surface area contributed by atoms with Crippen molar-refractivity contribution in [1.29, 1.82) is 0 Å². The van der Waals surface area contributed by atoms with Gasteiger partial charge in [-0.3, -0.25) is 0 Å². The number of hydrogen-bond donors (Lipinski definition) is 2. The molecule has 13 heavy (non-hydrogen) atoms. The minimum absolute atomic E-state index is 0.00991. The summed E-state index contributed by atoms with van der Waals surface area (Å²) < 4.78 is 55.3. The van der Waals surface area contributed by atoms with E-state index in [1.165, 1.54) is 0 Å². The Morgan fingerprint density at radius 3 is 2.85 bits per heavy atom. The minimum Gasteiger partial charge on any atom is -0.475 e. The van der Waals surface area contributed by atoms with Crippen LogP contribution in [0.3, 0.4) is 0 Å². The standard InChI is InChI=1S/C8H12BNO3/c1-6(2)13-8-4-3-7(5-10-8)9(11)12/h3-6,11-12H,1-2H3/i1D3,2D3,6D. The first-order chi connectivity index (χ1) is 8.88. The molecule has 0 radical (unpaired) electrons. The summed E-state index contributed by atoms with van der Waals surface area (Å²) in [5, 5.41) is 17.7. The van der Waals surface area contributed by atoms with Crippen molar-refractivity contribution in [3.63, 3.8) is 0 Å². The summed E-state index contributed by atoms with van der Waals surface area (Å²) in [4.78, 5) is 3.55. The molecule has 1 heterocycles. The number of rotatable bonds is 3.